The number of benzene rings is 1. The van der Waals surface area contributed by atoms with Crippen molar-refractivity contribution in [3.63, 3.8) is 0 Å². The second-order valence-electron chi connectivity index (χ2n) is 6.08. The van der Waals surface area contributed by atoms with Gasteiger partial charge in [0, 0.05) is 17.6 Å². The average Bonchev–Trinajstić information content (AvgIpc) is 2.62. The Morgan fingerprint density at radius 1 is 1.30 bits per heavy atom. The van der Waals surface area contributed by atoms with Crippen molar-refractivity contribution in [1.82, 2.24) is 9.55 Å². The zero-order valence-corrected chi connectivity index (χ0v) is 17.6. The van der Waals surface area contributed by atoms with Crippen molar-refractivity contribution in [2.45, 2.75) is 39.7 Å². The van der Waals surface area contributed by atoms with E-state index in [0.29, 0.717) is 23.9 Å². The molecule has 0 bridgehead atoms. The number of nitrogen functional groups attached to an aromatic ring is 1. The molecule has 0 saturated carbocycles. The van der Waals surface area contributed by atoms with Gasteiger partial charge in [-0.3, -0.25) is 19.1 Å². The number of unbranched alkanes of at least 4 members (excludes halogenated alkanes) is 1. The van der Waals surface area contributed by atoms with Crippen LogP contribution in [0.2, 0.25) is 5.02 Å². The first-order valence-electron chi connectivity index (χ1n) is 8.71. The van der Waals surface area contributed by atoms with Crippen LogP contribution < -0.4 is 21.9 Å². The molecule has 0 spiro atoms. The number of carbonyl (C=O) groups is 1. The molecule has 0 aliphatic heterocycles. The maximum atomic E-state index is 13.2. The first kappa shape index (κ1) is 21.2. The number of aromatic amines is 1. The summed E-state index contributed by atoms with van der Waals surface area (Å²) >= 11 is 9.53. The van der Waals surface area contributed by atoms with Gasteiger partial charge in [0.1, 0.15) is 5.82 Å². The van der Waals surface area contributed by atoms with Crippen LogP contribution in [0.25, 0.3) is 0 Å². The molecule has 0 unspecified atom stereocenters. The molecule has 2 aromatic rings. The molecule has 7 nitrogen and oxygen atoms in total. The summed E-state index contributed by atoms with van der Waals surface area (Å²) in [5.41, 5.74) is 5.06. The van der Waals surface area contributed by atoms with Gasteiger partial charge in [-0.05, 0) is 31.0 Å². The second-order valence-corrected chi connectivity index (χ2v) is 7.40. The van der Waals surface area contributed by atoms with E-state index in [1.165, 1.54) is 9.47 Å². The van der Waals surface area contributed by atoms with E-state index in [1.54, 1.807) is 18.2 Å². The Balaban J connectivity index is 2.65. The van der Waals surface area contributed by atoms with Gasteiger partial charge < -0.3 is 10.6 Å². The minimum Gasteiger partial charge on any atom is -0.383 e. The van der Waals surface area contributed by atoms with Crippen molar-refractivity contribution in [2.24, 2.45) is 0 Å². The van der Waals surface area contributed by atoms with Gasteiger partial charge in [0.2, 0.25) is 0 Å². The van der Waals surface area contributed by atoms with Crippen molar-refractivity contribution < 1.29 is 4.79 Å². The maximum Gasteiger partial charge on any atom is 0.330 e. The summed E-state index contributed by atoms with van der Waals surface area (Å²) in [6.07, 6.45) is 2.11. The Hall–Kier alpha value is -2.06. The maximum absolute atomic E-state index is 13.2. The Morgan fingerprint density at radius 3 is 2.63 bits per heavy atom. The third kappa shape index (κ3) is 4.62. The predicted molar refractivity (Wildman–Crippen MR) is 112 cm³/mol. The van der Waals surface area contributed by atoms with Gasteiger partial charge in [-0.25, -0.2) is 4.79 Å². The van der Waals surface area contributed by atoms with Crippen LogP contribution in [0, 0.1) is 0 Å². The molecular weight excluding hydrogens is 436 g/mol. The number of nitrogens with zero attached hydrogens (tertiary/aromatic N) is 2. The summed E-state index contributed by atoms with van der Waals surface area (Å²) in [6, 6.07) is 4.91. The number of hydrogen-bond donors (Lipinski definition) is 2. The van der Waals surface area contributed by atoms with Gasteiger partial charge in [0.25, 0.3) is 11.5 Å². The normalized spacial score (nSPS) is 10.8. The van der Waals surface area contributed by atoms with Gasteiger partial charge in [-0.1, -0.05) is 47.8 Å². The Morgan fingerprint density at radius 2 is 2.00 bits per heavy atom. The third-order valence-electron chi connectivity index (χ3n) is 4.07. The van der Waals surface area contributed by atoms with E-state index < -0.39 is 17.2 Å². The smallest absolute Gasteiger partial charge is 0.330 e. The van der Waals surface area contributed by atoms with Crippen LogP contribution in [0.4, 0.5) is 11.5 Å². The first-order chi connectivity index (χ1) is 12.8. The lowest BCUT2D eigenvalue weighted by Gasteiger charge is -2.25. The third-order valence-corrected chi connectivity index (χ3v) is 4.89. The molecular formula is C18H22BrClN4O3. The SMILES string of the molecule is CCCCN(C(=O)c1cc(Br)ccc1Cl)c1c(N)n(CCC)c(=O)[nH]c1=O. The van der Waals surface area contributed by atoms with Gasteiger partial charge in [-0.15, -0.1) is 0 Å². The molecule has 9 heteroatoms. The van der Waals surface area contributed by atoms with Gasteiger partial charge >= 0.3 is 5.69 Å². The fourth-order valence-electron chi connectivity index (χ4n) is 2.72. The first-order valence-corrected chi connectivity index (χ1v) is 9.88. The van der Waals surface area contributed by atoms with Crippen molar-refractivity contribution in [1.29, 1.82) is 0 Å². The lowest BCUT2D eigenvalue weighted by Crippen LogP contribution is -2.41. The van der Waals surface area contributed by atoms with Crippen LogP contribution in [-0.2, 0) is 6.54 Å². The van der Waals surface area contributed by atoms with E-state index in [-0.39, 0.29) is 28.6 Å². The van der Waals surface area contributed by atoms with Gasteiger partial charge in [0.15, 0.2) is 5.69 Å². The summed E-state index contributed by atoms with van der Waals surface area (Å²) < 4.78 is 1.95. The number of amides is 1. The Labute approximate surface area is 170 Å². The van der Waals surface area contributed by atoms with E-state index >= 15 is 0 Å². The van der Waals surface area contributed by atoms with Crippen molar-refractivity contribution in [2.75, 3.05) is 17.2 Å². The summed E-state index contributed by atoms with van der Waals surface area (Å²) in [7, 11) is 0. The van der Waals surface area contributed by atoms with E-state index in [1.807, 2.05) is 13.8 Å². The number of aromatic nitrogens is 2. The quantitative estimate of drug-likeness (QED) is 0.665. The van der Waals surface area contributed by atoms with Crippen LogP contribution in [0.1, 0.15) is 43.5 Å². The van der Waals surface area contributed by atoms with Crippen LogP contribution in [0.5, 0.6) is 0 Å². The molecule has 0 saturated heterocycles. The van der Waals surface area contributed by atoms with Crippen molar-refractivity contribution >= 4 is 44.9 Å². The zero-order chi connectivity index (χ0) is 20.1. The largest absolute Gasteiger partial charge is 0.383 e. The number of H-pyrrole nitrogens is 1. The standard InChI is InChI=1S/C18H22BrClN4O3/c1-3-5-9-23(17(26)12-10-11(19)6-7-13(12)20)14-15(21)24(8-4-2)18(27)22-16(14)25/h6-7,10H,3-5,8-9,21H2,1-2H3,(H,22,25,27). The highest BCUT2D eigenvalue weighted by atomic mass is 79.9. The van der Waals surface area contributed by atoms with Crippen LogP contribution in [-0.4, -0.2) is 22.0 Å². The Bertz CT molecular complexity index is 955. The van der Waals surface area contributed by atoms with Crippen molar-refractivity contribution in [3.8, 4) is 0 Å². The molecule has 0 atom stereocenters. The topological polar surface area (TPSA) is 101 Å². The minimum absolute atomic E-state index is 0.0267. The molecule has 1 aromatic heterocycles. The van der Waals surface area contributed by atoms with Crippen LogP contribution >= 0.6 is 27.5 Å². The number of nitrogens with one attached hydrogen (secondary N) is 1. The molecule has 146 valence electrons. The number of rotatable bonds is 7. The molecule has 1 heterocycles. The molecule has 0 aliphatic carbocycles. The van der Waals surface area contributed by atoms with E-state index in [0.717, 1.165) is 6.42 Å². The molecule has 0 aliphatic rings. The number of halogens is 2. The summed E-state index contributed by atoms with van der Waals surface area (Å²) in [6.45, 7) is 4.47. The number of nitrogens with two attached hydrogens (primary N) is 1. The Kier molecular flexibility index (Phi) is 7.26. The number of carbonyl (C=O) groups excluding carboxylic acids is 1. The van der Waals surface area contributed by atoms with E-state index in [2.05, 4.69) is 20.9 Å². The summed E-state index contributed by atoms with van der Waals surface area (Å²) in [5.74, 6) is -0.477. The molecule has 0 fully saturated rings. The van der Waals surface area contributed by atoms with Gasteiger partial charge in [0.05, 0.1) is 10.6 Å². The van der Waals surface area contributed by atoms with Crippen LogP contribution in [0.3, 0.4) is 0 Å². The summed E-state index contributed by atoms with van der Waals surface area (Å²) in [4.78, 5) is 41.4. The lowest BCUT2D eigenvalue weighted by molar-refractivity contribution is 0.0986. The highest BCUT2D eigenvalue weighted by molar-refractivity contribution is 9.10. The van der Waals surface area contributed by atoms with Gasteiger partial charge in [-0.2, -0.15) is 0 Å². The summed E-state index contributed by atoms with van der Waals surface area (Å²) in [5, 5.41) is 0.265. The molecule has 1 aromatic carbocycles. The van der Waals surface area contributed by atoms with E-state index in [9.17, 15) is 14.4 Å². The monoisotopic (exact) mass is 456 g/mol. The predicted octanol–water partition coefficient (Wildman–Crippen LogP) is 3.39. The molecule has 3 N–H and O–H groups in total. The van der Waals surface area contributed by atoms with Crippen molar-refractivity contribution in [3.05, 3.63) is 54.1 Å². The fraction of sp³-hybridized carbons (Fsp3) is 0.389. The molecule has 0 radical (unpaired) electrons. The number of anilines is 2. The molecule has 1 amide bonds. The molecule has 2 rings (SSSR count). The highest BCUT2D eigenvalue weighted by Crippen LogP contribution is 2.26. The fourth-order valence-corrected chi connectivity index (χ4v) is 3.28. The average molecular weight is 458 g/mol. The van der Waals surface area contributed by atoms with Crippen LogP contribution in [0.15, 0.2) is 32.3 Å². The zero-order valence-electron chi connectivity index (χ0n) is 15.2. The molecule has 27 heavy (non-hydrogen) atoms. The highest BCUT2D eigenvalue weighted by Gasteiger charge is 2.26. The van der Waals surface area contributed by atoms with E-state index in [4.69, 9.17) is 17.3 Å². The number of hydrogen-bond acceptors (Lipinski definition) is 4. The second kappa shape index (κ2) is 9.23. The minimum atomic E-state index is -0.694. The lowest BCUT2D eigenvalue weighted by atomic mass is 10.1.